The van der Waals surface area contributed by atoms with Crippen molar-refractivity contribution in [3.8, 4) is 0 Å². The molecule has 12 heavy (non-hydrogen) atoms. The molecule has 0 amide bonds. The fraction of sp³-hybridized carbons (Fsp3) is 0.333. The molecule has 0 fully saturated rings. The van der Waals surface area contributed by atoms with Crippen LogP contribution in [0.1, 0.15) is 13.8 Å². The second kappa shape index (κ2) is 2.59. The topological polar surface area (TPSA) is 54.4 Å². The molecule has 1 aliphatic carbocycles. The molecule has 1 aliphatic rings. The smallest absolute Gasteiger partial charge is 0.206 e. The summed E-state index contributed by atoms with van der Waals surface area (Å²) >= 11 is 0. The van der Waals surface area contributed by atoms with Crippen LogP contribution >= 0.6 is 0 Å². The first-order valence-corrected chi connectivity index (χ1v) is 3.61. The lowest BCUT2D eigenvalue weighted by Crippen LogP contribution is -2.26. The van der Waals surface area contributed by atoms with Gasteiger partial charge in [-0.3, -0.25) is 9.59 Å². The van der Waals surface area contributed by atoms with Gasteiger partial charge in [0.05, 0.1) is 5.41 Å². The van der Waals surface area contributed by atoms with Gasteiger partial charge in [-0.1, -0.05) is 6.08 Å². The summed E-state index contributed by atoms with van der Waals surface area (Å²) in [5.74, 6) is -0.697. The van der Waals surface area contributed by atoms with Crippen LogP contribution < -0.4 is 0 Å². The maximum atomic E-state index is 11.2. The van der Waals surface area contributed by atoms with Crippen LogP contribution in [0.4, 0.5) is 0 Å². The summed E-state index contributed by atoms with van der Waals surface area (Å²) in [5, 5.41) is 9.13. The van der Waals surface area contributed by atoms with Crippen molar-refractivity contribution < 1.29 is 14.7 Å². The summed E-state index contributed by atoms with van der Waals surface area (Å²) in [4.78, 5) is 21.6. The number of Topliss-reactive ketones (excluding diaryl/α,β-unsaturated/α-hetero) is 1. The zero-order chi connectivity index (χ0) is 9.35. The van der Waals surface area contributed by atoms with Gasteiger partial charge in [0.15, 0.2) is 5.76 Å². The predicted octanol–water partition coefficient (Wildman–Crippen LogP) is 1.16. The Labute approximate surface area is 70.4 Å². The monoisotopic (exact) mass is 166 g/mol. The molecule has 0 radical (unpaired) electrons. The van der Waals surface area contributed by atoms with Crippen LogP contribution in [0.25, 0.3) is 0 Å². The van der Waals surface area contributed by atoms with Gasteiger partial charge in [-0.25, -0.2) is 0 Å². The summed E-state index contributed by atoms with van der Waals surface area (Å²) in [5.41, 5.74) is -0.424. The number of ketones is 1. The highest BCUT2D eigenvalue weighted by atomic mass is 16.3. The van der Waals surface area contributed by atoms with Crippen molar-refractivity contribution in [2.75, 3.05) is 0 Å². The number of aliphatic hydroxyl groups excluding tert-OH is 1. The first-order valence-electron chi connectivity index (χ1n) is 3.61. The first kappa shape index (κ1) is 8.71. The predicted molar refractivity (Wildman–Crippen MR) is 43.6 cm³/mol. The summed E-state index contributed by atoms with van der Waals surface area (Å²) in [6.45, 7) is 3.31. The second-order valence-corrected chi connectivity index (χ2v) is 3.34. The molecule has 0 saturated heterocycles. The van der Waals surface area contributed by atoms with E-state index in [0.717, 1.165) is 0 Å². The Hall–Kier alpha value is -1.38. The maximum Gasteiger partial charge on any atom is 0.206 e. The van der Waals surface area contributed by atoms with E-state index in [-0.39, 0.29) is 11.5 Å². The van der Waals surface area contributed by atoms with Crippen LogP contribution in [-0.4, -0.2) is 17.2 Å². The fourth-order valence-corrected chi connectivity index (χ4v) is 1.15. The molecule has 0 aromatic heterocycles. The van der Waals surface area contributed by atoms with Gasteiger partial charge in [0.25, 0.3) is 0 Å². The Morgan fingerprint density at radius 3 is 2.50 bits per heavy atom. The molecule has 64 valence electrons. The van der Waals surface area contributed by atoms with Crippen molar-refractivity contribution in [3.63, 3.8) is 0 Å². The number of aliphatic hydroxyl groups is 1. The van der Waals surface area contributed by atoms with E-state index in [1.54, 1.807) is 19.9 Å². The molecule has 0 saturated carbocycles. The average Bonchev–Trinajstić information content (AvgIpc) is 1.99. The van der Waals surface area contributed by atoms with E-state index in [2.05, 4.69) is 0 Å². The van der Waals surface area contributed by atoms with Crippen LogP contribution in [-0.2, 0) is 9.59 Å². The molecule has 3 nitrogen and oxygen atoms in total. The SMILES string of the molecule is CC1(C)C=C(C=O)C=C(O)C1=O. The number of hydrogen-bond acceptors (Lipinski definition) is 3. The lowest BCUT2D eigenvalue weighted by Gasteiger charge is -2.21. The zero-order valence-corrected chi connectivity index (χ0v) is 7.00. The minimum Gasteiger partial charge on any atom is -0.504 e. The van der Waals surface area contributed by atoms with Crippen molar-refractivity contribution >= 4 is 12.1 Å². The molecular weight excluding hydrogens is 156 g/mol. The van der Waals surface area contributed by atoms with Crippen molar-refractivity contribution in [1.82, 2.24) is 0 Å². The van der Waals surface area contributed by atoms with Crippen LogP contribution in [0.5, 0.6) is 0 Å². The summed E-state index contributed by atoms with van der Waals surface area (Å²) in [6.07, 6.45) is 3.34. The van der Waals surface area contributed by atoms with Crippen molar-refractivity contribution in [1.29, 1.82) is 0 Å². The average molecular weight is 166 g/mol. The Balaban J connectivity index is 3.15. The Bertz CT molecular complexity index is 295. The van der Waals surface area contributed by atoms with E-state index in [4.69, 9.17) is 5.11 Å². The van der Waals surface area contributed by atoms with Gasteiger partial charge in [-0.15, -0.1) is 0 Å². The van der Waals surface area contributed by atoms with Crippen molar-refractivity contribution in [3.05, 3.63) is 23.5 Å². The number of carbonyl (C=O) groups excluding carboxylic acids is 2. The highest BCUT2D eigenvalue weighted by Gasteiger charge is 2.31. The van der Waals surface area contributed by atoms with E-state index in [9.17, 15) is 9.59 Å². The molecule has 0 aromatic rings. The number of aldehydes is 1. The quantitative estimate of drug-likeness (QED) is 0.595. The van der Waals surface area contributed by atoms with E-state index in [1.807, 2.05) is 0 Å². The van der Waals surface area contributed by atoms with Gasteiger partial charge in [0, 0.05) is 5.57 Å². The first-order chi connectivity index (χ1) is 5.47. The summed E-state index contributed by atoms with van der Waals surface area (Å²) in [7, 11) is 0. The normalized spacial score (nSPS) is 21.3. The summed E-state index contributed by atoms with van der Waals surface area (Å²) in [6, 6.07) is 0. The summed E-state index contributed by atoms with van der Waals surface area (Å²) < 4.78 is 0. The van der Waals surface area contributed by atoms with Gasteiger partial charge >= 0.3 is 0 Å². The minimum absolute atomic E-state index is 0.343. The highest BCUT2D eigenvalue weighted by Crippen LogP contribution is 2.27. The lowest BCUT2D eigenvalue weighted by atomic mass is 9.81. The molecule has 0 atom stereocenters. The molecule has 1 N–H and O–H groups in total. The standard InChI is InChI=1S/C9H10O3/c1-9(2)4-6(5-10)3-7(11)8(9)12/h3-5,11H,1-2H3. The van der Waals surface area contributed by atoms with Gasteiger partial charge in [0.2, 0.25) is 5.78 Å². The van der Waals surface area contributed by atoms with Crippen LogP contribution in [0, 0.1) is 5.41 Å². The van der Waals surface area contributed by atoms with Crippen LogP contribution in [0.15, 0.2) is 23.5 Å². The molecule has 0 unspecified atom stereocenters. The van der Waals surface area contributed by atoms with Gasteiger partial charge < -0.3 is 5.11 Å². The van der Waals surface area contributed by atoms with Gasteiger partial charge in [-0.2, -0.15) is 0 Å². The van der Waals surface area contributed by atoms with Crippen molar-refractivity contribution in [2.24, 2.45) is 5.41 Å². The van der Waals surface area contributed by atoms with Gasteiger partial charge in [-0.05, 0) is 19.9 Å². The Kier molecular flexibility index (Phi) is 1.88. The molecule has 0 spiro atoms. The number of hydrogen-bond donors (Lipinski definition) is 1. The number of allylic oxidation sites excluding steroid dienone is 4. The third-order valence-electron chi connectivity index (χ3n) is 1.78. The van der Waals surface area contributed by atoms with Crippen LogP contribution in [0.2, 0.25) is 0 Å². The van der Waals surface area contributed by atoms with E-state index >= 15 is 0 Å². The minimum atomic E-state index is -0.769. The number of rotatable bonds is 1. The molecule has 0 bridgehead atoms. The third-order valence-corrected chi connectivity index (χ3v) is 1.78. The Morgan fingerprint density at radius 1 is 1.50 bits per heavy atom. The Morgan fingerprint density at radius 2 is 2.08 bits per heavy atom. The zero-order valence-electron chi connectivity index (χ0n) is 7.00. The lowest BCUT2D eigenvalue weighted by molar-refractivity contribution is -0.123. The molecule has 3 heteroatoms. The highest BCUT2D eigenvalue weighted by molar-refractivity contribution is 6.02. The fourth-order valence-electron chi connectivity index (χ4n) is 1.15. The molecule has 0 aliphatic heterocycles. The van der Waals surface area contributed by atoms with Gasteiger partial charge in [0.1, 0.15) is 6.29 Å². The molecule has 0 heterocycles. The molecule has 1 rings (SSSR count). The third kappa shape index (κ3) is 1.30. The van der Waals surface area contributed by atoms with Crippen LogP contribution in [0.3, 0.4) is 0 Å². The largest absolute Gasteiger partial charge is 0.504 e. The number of carbonyl (C=O) groups is 2. The van der Waals surface area contributed by atoms with E-state index in [0.29, 0.717) is 11.9 Å². The van der Waals surface area contributed by atoms with E-state index < -0.39 is 5.41 Å². The maximum absolute atomic E-state index is 11.2. The van der Waals surface area contributed by atoms with Crippen molar-refractivity contribution in [2.45, 2.75) is 13.8 Å². The second-order valence-electron chi connectivity index (χ2n) is 3.34. The molecular formula is C9H10O3. The molecule has 0 aromatic carbocycles. The van der Waals surface area contributed by atoms with E-state index in [1.165, 1.54) is 6.08 Å².